The van der Waals surface area contributed by atoms with Crippen molar-refractivity contribution in [2.45, 2.75) is 39.8 Å². The Bertz CT molecular complexity index is 1010. The molecule has 4 rings (SSSR count). The van der Waals surface area contributed by atoms with Crippen molar-refractivity contribution in [2.75, 3.05) is 26.3 Å². The van der Waals surface area contributed by atoms with Crippen LogP contribution in [0.15, 0.2) is 60.7 Å². The number of benzene rings is 2. The van der Waals surface area contributed by atoms with Gasteiger partial charge in [0, 0.05) is 30.8 Å². The lowest BCUT2D eigenvalue weighted by molar-refractivity contribution is 0.0203. The van der Waals surface area contributed by atoms with E-state index in [1.165, 1.54) is 16.7 Å². The highest BCUT2D eigenvalue weighted by Gasteiger charge is 2.17. The summed E-state index contributed by atoms with van der Waals surface area (Å²) in [6.07, 6.45) is 1.03. The number of aromatic nitrogens is 1. The molecule has 1 aliphatic rings. The lowest BCUT2D eigenvalue weighted by Crippen LogP contribution is -2.43. The minimum absolute atomic E-state index is 0.496. The number of rotatable bonds is 7. The second-order valence-electron chi connectivity index (χ2n) is 8.55. The van der Waals surface area contributed by atoms with Gasteiger partial charge in [0.1, 0.15) is 6.61 Å². The fourth-order valence-electron chi connectivity index (χ4n) is 4.23. The van der Waals surface area contributed by atoms with Gasteiger partial charge in [-0.15, -0.1) is 0 Å². The Morgan fingerprint density at radius 1 is 0.935 bits per heavy atom. The predicted octanol–water partition coefficient (Wildman–Crippen LogP) is 5.21. The van der Waals surface area contributed by atoms with E-state index in [2.05, 4.69) is 74.2 Å². The molecule has 1 atom stereocenters. The third-order valence-electron chi connectivity index (χ3n) is 5.83. The Morgan fingerprint density at radius 2 is 1.71 bits per heavy atom. The van der Waals surface area contributed by atoms with Crippen molar-refractivity contribution in [3.05, 3.63) is 82.9 Å². The van der Waals surface area contributed by atoms with Gasteiger partial charge in [-0.05, 0) is 56.5 Å². The van der Waals surface area contributed by atoms with Crippen LogP contribution in [-0.2, 0) is 17.8 Å². The highest BCUT2D eigenvalue weighted by molar-refractivity contribution is 5.62. The van der Waals surface area contributed by atoms with Crippen LogP contribution in [0.2, 0.25) is 0 Å². The molecule has 0 aliphatic carbocycles. The maximum atomic E-state index is 5.98. The van der Waals surface area contributed by atoms with E-state index in [0.29, 0.717) is 18.5 Å². The average Bonchev–Trinajstić information content (AvgIpc) is 2.78. The molecule has 31 heavy (non-hydrogen) atoms. The minimum Gasteiger partial charge on any atom is -0.473 e. The van der Waals surface area contributed by atoms with E-state index < -0.39 is 0 Å². The first-order chi connectivity index (χ1) is 15.1. The summed E-state index contributed by atoms with van der Waals surface area (Å²) in [4.78, 5) is 7.30. The molecule has 4 heteroatoms. The van der Waals surface area contributed by atoms with Gasteiger partial charge < -0.3 is 9.47 Å². The molecule has 4 nitrogen and oxygen atoms in total. The van der Waals surface area contributed by atoms with Crippen molar-refractivity contribution < 1.29 is 9.47 Å². The predicted molar refractivity (Wildman–Crippen MR) is 125 cm³/mol. The number of pyridine rings is 1. The largest absolute Gasteiger partial charge is 0.473 e. The van der Waals surface area contributed by atoms with E-state index in [9.17, 15) is 0 Å². The molecule has 0 bridgehead atoms. The zero-order chi connectivity index (χ0) is 21.6. The molecule has 1 unspecified atom stereocenters. The lowest BCUT2D eigenvalue weighted by atomic mass is 9.99. The average molecular weight is 417 g/mol. The summed E-state index contributed by atoms with van der Waals surface area (Å²) in [7, 11) is 0. The number of hydrogen-bond acceptors (Lipinski definition) is 4. The molecule has 1 fully saturated rings. The van der Waals surface area contributed by atoms with Crippen LogP contribution in [0.3, 0.4) is 0 Å². The van der Waals surface area contributed by atoms with Crippen LogP contribution in [0.1, 0.15) is 29.2 Å². The van der Waals surface area contributed by atoms with Crippen LogP contribution >= 0.6 is 0 Å². The summed E-state index contributed by atoms with van der Waals surface area (Å²) >= 11 is 0. The Labute approximate surface area is 185 Å². The molecule has 1 aromatic heterocycles. The fraction of sp³-hybridized carbons (Fsp3) is 0.370. The summed E-state index contributed by atoms with van der Waals surface area (Å²) in [5.41, 5.74) is 7.09. The number of morpholine rings is 1. The van der Waals surface area contributed by atoms with E-state index in [1.807, 2.05) is 12.1 Å². The van der Waals surface area contributed by atoms with Gasteiger partial charge >= 0.3 is 0 Å². The highest BCUT2D eigenvalue weighted by atomic mass is 16.5. The van der Waals surface area contributed by atoms with Crippen molar-refractivity contribution in [3.8, 4) is 17.1 Å². The topological polar surface area (TPSA) is 34.6 Å². The van der Waals surface area contributed by atoms with Gasteiger partial charge in [-0.2, -0.15) is 0 Å². The van der Waals surface area contributed by atoms with Gasteiger partial charge in [0.2, 0.25) is 5.88 Å². The summed E-state index contributed by atoms with van der Waals surface area (Å²) in [5.74, 6) is 0.656. The van der Waals surface area contributed by atoms with E-state index in [1.54, 1.807) is 0 Å². The van der Waals surface area contributed by atoms with Gasteiger partial charge in [0.15, 0.2) is 0 Å². The molecular formula is C27H32N2O2. The second-order valence-corrected chi connectivity index (χ2v) is 8.55. The van der Waals surface area contributed by atoms with E-state index in [-0.39, 0.29) is 0 Å². The normalized spacial score (nSPS) is 15.6. The van der Waals surface area contributed by atoms with Crippen molar-refractivity contribution >= 4 is 0 Å². The molecule has 0 N–H and O–H groups in total. The van der Waals surface area contributed by atoms with E-state index >= 15 is 0 Å². The van der Waals surface area contributed by atoms with Gasteiger partial charge in [-0.1, -0.05) is 47.5 Å². The molecular weight excluding hydrogens is 384 g/mol. The SMILES string of the molecule is Cc1cccc(COc2cccc(-c3cc(C)cc(CC(C)N4CCOCC4)c3)n2)c1. The molecule has 0 radical (unpaired) electrons. The first-order valence-electron chi connectivity index (χ1n) is 11.1. The van der Waals surface area contributed by atoms with Crippen LogP contribution in [0, 0.1) is 13.8 Å². The minimum atomic E-state index is 0.496. The Morgan fingerprint density at radius 3 is 2.52 bits per heavy atom. The van der Waals surface area contributed by atoms with Gasteiger partial charge in [-0.3, -0.25) is 4.90 Å². The molecule has 0 spiro atoms. The van der Waals surface area contributed by atoms with E-state index in [4.69, 9.17) is 14.5 Å². The van der Waals surface area contributed by atoms with Crippen molar-refractivity contribution in [1.29, 1.82) is 0 Å². The molecule has 0 amide bonds. The zero-order valence-corrected chi connectivity index (χ0v) is 18.8. The second kappa shape index (κ2) is 10.1. The molecule has 1 saturated heterocycles. The molecule has 3 aromatic rings. The van der Waals surface area contributed by atoms with Crippen LogP contribution in [0.4, 0.5) is 0 Å². The van der Waals surface area contributed by atoms with Gasteiger partial charge in [0.25, 0.3) is 0 Å². The highest BCUT2D eigenvalue weighted by Crippen LogP contribution is 2.24. The lowest BCUT2D eigenvalue weighted by Gasteiger charge is -2.32. The molecule has 162 valence electrons. The molecule has 1 aliphatic heterocycles. The third-order valence-corrected chi connectivity index (χ3v) is 5.83. The van der Waals surface area contributed by atoms with Crippen LogP contribution in [-0.4, -0.2) is 42.2 Å². The number of aryl methyl sites for hydroxylation is 2. The van der Waals surface area contributed by atoms with Gasteiger partial charge in [-0.25, -0.2) is 4.98 Å². The fourth-order valence-corrected chi connectivity index (χ4v) is 4.23. The zero-order valence-electron chi connectivity index (χ0n) is 18.8. The Balaban J connectivity index is 1.47. The summed E-state index contributed by atoms with van der Waals surface area (Å²) in [6.45, 7) is 10.8. The van der Waals surface area contributed by atoms with Crippen LogP contribution in [0.25, 0.3) is 11.3 Å². The van der Waals surface area contributed by atoms with E-state index in [0.717, 1.165) is 49.5 Å². The first kappa shape index (κ1) is 21.5. The quantitative estimate of drug-likeness (QED) is 0.530. The summed E-state index contributed by atoms with van der Waals surface area (Å²) in [5, 5.41) is 0. The molecule has 2 aromatic carbocycles. The smallest absolute Gasteiger partial charge is 0.214 e. The van der Waals surface area contributed by atoms with Crippen LogP contribution in [0.5, 0.6) is 5.88 Å². The maximum Gasteiger partial charge on any atom is 0.214 e. The van der Waals surface area contributed by atoms with Gasteiger partial charge in [0.05, 0.1) is 18.9 Å². The third kappa shape index (κ3) is 5.93. The standard InChI is InChI=1S/C27H32N2O2/c1-20-6-4-7-23(14-20)19-31-27-9-5-8-26(28-27)25-16-21(2)15-24(18-25)17-22(3)29-10-12-30-13-11-29/h4-9,14-16,18,22H,10-13,17,19H2,1-3H3. The Kier molecular flexibility index (Phi) is 7.00. The molecule has 2 heterocycles. The van der Waals surface area contributed by atoms with Crippen molar-refractivity contribution in [3.63, 3.8) is 0 Å². The summed E-state index contributed by atoms with van der Waals surface area (Å²) < 4.78 is 11.5. The Hall–Kier alpha value is -2.69. The number of ether oxygens (including phenoxy) is 2. The van der Waals surface area contributed by atoms with Crippen molar-refractivity contribution in [1.82, 2.24) is 9.88 Å². The monoisotopic (exact) mass is 416 g/mol. The number of nitrogens with zero attached hydrogens (tertiary/aromatic N) is 2. The molecule has 0 saturated carbocycles. The first-order valence-corrected chi connectivity index (χ1v) is 11.1. The van der Waals surface area contributed by atoms with Crippen LogP contribution < -0.4 is 4.74 Å². The maximum absolute atomic E-state index is 5.98. The number of hydrogen-bond donors (Lipinski definition) is 0. The summed E-state index contributed by atoms with van der Waals surface area (Å²) in [6, 6.07) is 21.7. The van der Waals surface area contributed by atoms with Crippen molar-refractivity contribution in [2.24, 2.45) is 0 Å².